The maximum absolute atomic E-state index is 12.2. The first-order valence-electron chi connectivity index (χ1n) is 14.9. The van der Waals surface area contributed by atoms with Gasteiger partial charge in [-0.1, -0.05) is 60.2 Å². The second-order valence-electron chi connectivity index (χ2n) is 11.3. The molecule has 2 fully saturated rings. The summed E-state index contributed by atoms with van der Waals surface area (Å²) in [6.07, 6.45) is 5.59. The summed E-state index contributed by atoms with van der Waals surface area (Å²) in [5.41, 5.74) is 2.08. The van der Waals surface area contributed by atoms with E-state index in [0.717, 1.165) is 41.3 Å². The van der Waals surface area contributed by atoms with Crippen LogP contribution in [-0.4, -0.2) is 90.2 Å². The van der Waals surface area contributed by atoms with Crippen molar-refractivity contribution in [2.24, 2.45) is 0 Å². The zero-order valence-electron chi connectivity index (χ0n) is 25.5. The molecule has 1 N–H and O–H groups in total. The highest BCUT2D eigenvalue weighted by Crippen LogP contribution is 2.43. The van der Waals surface area contributed by atoms with Gasteiger partial charge in [0.1, 0.15) is 6.61 Å². The lowest BCUT2D eigenvalue weighted by Gasteiger charge is -2.36. The highest BCUT2D eigenvalue weighted by Gasteiger charge is 2.31. The number of carbonyl (C=O) groups excluding carboxylic acids is 1. The summed E-state index contributed by atoms with van der Waals surface area (Å²) < 4.78 is 6.23. The van der Waals surface area contributed by atoms with E-state index in [4.69, 9.17) is 26.3 Å². The van der Waals surface area contributed by atoms with Crippen LogP contribution in [0.25, 0.3) is 10.8 Å². The molecule has 0 spiro atoms. The lowest BCUT2D eigenvalue weighted by molar-refractivity contribution is -0.126. The minimum absolute atomic E-state index is 0.0310. The van der Waals surface area contributed by atoms with E-state index in [1.165, 1.54) is 6.08 Å². The summed E-state index contributed by atoms with van der Waals surface area (Å²) in [7, 11) is 4.03. The number of likely N-dealkylation sites (tertiary alicyclic amines) is 1. The summed E-state index contributed by atoms with van der Waals surface area (Å²) in [6.45, 7) is 11.2. The quantitative estimate of drug-likeness (QED) is 0.255. The van der Waals surface area contributed by atoms with Crippen molar-refractivity contribution >= 4 is 39.9 Å². The molecule has 2 aliphatic heterocycles. The third-order valence-electron chi connectivity index (χ3n) is 8.76. The Kier molecular flexibility index (Phi) is 9.42. The van der Waals surface area contributed by atoms with Crippen LogP contribution in [0.1, 0.15) is 38.3 Å². The van der Waals surface area contributed by atoms with E-state index in [-0.39, 0.29) is 29.8 Å². The van der Waals surface area contributed by atoms with E-state index in [1.807, 2.05) is 42.0 Å². The van der Waals surface area contributed by atoms with Gasteiger partial charge in [-0.3, -0.25) is 4.79 Å². The molecule has 0 radical (unpaired) electrons. The normalized spacial score (nSPS) is 18.6. The standard InChI is InChI=1S/C33H41ClN6O3/c1-6-22(3)29(25-14-8-11-23-12-9-15-26(34)28(23)25)38(5)31-30(42)32(40-19-17-39(18-20-40)27(41)7-2)36-33(35-31)43-21-24-13-10-16-37(24)4/h6-9,11-12,14-15,24,29,42H,2,10,13,16-21H2,1,3-5H3/b22-6-/t24-,29?/m0/s1. The number of benzene rings is 2. The van der Waals surface area contributed by atoms with Crippen molar-refractivity contribution in [2.45, 2.75) is 38.8 Å². The van der Waals surface area contributed by atoms with Crippen LogP contribution in [0.3, 0.4) is 0 Å². The first-order valence-corrected chi connectivity index (χ1v) is 15.2. The van der Waals surface area contributed by atoms with Gasteiger partial charge in [0.25, 0.3) is 0 Å². The van der Waals surface area contributed by atoms with Crippen LogP contribution in [0.4, 0.5) is 11.6 Å². The average molecular weight is 605 g/mol. The molecule has 10 heteroatoms. The van der Waals surface area contributed by atoms with Gasteiger partial charge in [0.2, 0.25) is 11.7 Å². The molecule has 5 rings (SSSR count). The summed E-state index contributed by atoms with van der Waals surface area (Å²) >= 11 is 6.77. The number of carbonyl (C=O) groups is 1. The van der Waals surface area contributed by atoms with E-state index >= 15 is 0 Å². The number of hydrogen-bond acceptors (Lipinski definition) is 8. The highest BCUT2D eigenvalue weighted by atomic mass is 35.5. The summed E-state index contributed by atoms with van der Waals surface area (Å²) in [4.78, 5) is 29.7. The number of aromatic hydroxyl groups is 1. The van der Waals surface area contributed by atoms with Crippen LogP contribution in [-0.2, 0) is 4.79 Å². The second-order valence-corrected chi connectivity index (χ2v) is 11.7. The minimum Gasteiger partial charge on any atom is -0.502 e. The van der Waals surface area contributed by atoms with Gasteiger partial charge in [0.05, 0.1) is 6.04 Å². The Balaban J connectivity index is 1.56. The number of anilines is 2. The van der Waals surface area contributed by atoms with E-state index in [2.05, 4.69) is 49.7 Å². The average Bonchev–Trinajstić information content (AvgIpc) is 3.44. The molecule has 9 nitrogen and oxygen atoms in total. The molecular weight excluding hydrogens is 564 g/mol. The number of likely N-dealkylation sites (N-methyl/N-ethyl adjacent to an activating group) is 2. The first kappa shape index (κ1) is 30.6. The van der Waals surface area contributed by atoms with Gasteiger partial charge in [-0.2, -0.15) is 9.97 Å². The summed E-state index contributed by atoms with van der Waals surface area (Å²) in [5.74, 6) is 0.622. The number of nitrogens with zero attached hydrogens (tertiary/aromatic N) is 6. The Hall–Kier alpha value is -3.82. The van der Waals surface area contributed by atoms with Gasteiger partial charge in [0.15, 0.2) is 11.6 Å². The van der Waals surface area contributed by atoms with Crippen molar-refractivity contribution < 1.29 is 14.6 Å². The molecule has 228 valence electrons. The predicted octanol–water partition coefficient (Wildman–Crippen LogP) is 5.44. The molecule has 0 bridgehead atoms. The molecule has 1 aromatic heterocycles. The number of ether oxygens (including phenoxy) is 1. The van der Waals surface area contributed by atoms with Crippen LogP contribution >= 0.6 is 11.6 Å². The van der Waals surface area contributed by atoms with Crippen LogP contribution < -0.4 is 14.5 Å². The van der Waals surface area contributed by atoms with Gasteiger partial charge in [0, 0.05) is 49.7 Å². The number of halogens is 1. The third-order valence-corrected chi connectivity index (χ3v) is 9.07. The molecule has 2 saturated heterocycles. The molecule has 0 saturated carbocycles. The van der Waals surface area contributed by atoms with E-state index in [1.54, 1.807) is 4.90 Å². The fourth-order valence-electron chi connectivity index (χ4n) is 6.16. The van der Waals surface area contributed by atoms with Gasteiger partial charge < -0.3 is 29.4 Å². The van der Waals surface area contributed by atoms with Crippen LogP contribution in [0.15, 0.2) is 60.7 Å². The highest BCUT2D eigenvalue weighted by molar-refractivity contribution is 6.35. The van der Waals surface area contributed by atoms with Gasteiger partial charge in [-0.25, -0.2) is 0 Å². The van der Waals surface area contributed by atoms with E-state index < -0.39 is 0 Å². The zero-order valence-corrected chi connectivity index (χ0v) is 26.2. The van der Waals surface area contributed by atoms with Crippen LogP contribution in [0, 0.1) is 0 Å². The third kappa shape index (κ3) is 6.28. The Morgan fingerprint density at radius 3 is 2.56 bits per heavy atom. The Morgan fingerprint density at radius 1 is 1.19 bits per heavy atom. The van der Waals surface area contributed by atoms with Crippen molar-refractivity contribution in [1.29, 1.82) is 0 Å². The van der Waals surface area contributed by atoms with E-state index in [0.29, 0.717) is 49.4 Å². The number of aromatic nitrogens is 2. The Morgan fingerprint density at radius 2 is 1.91 bits per heavy atom. The fraction of sp³-hybridized carbons (Fsp3) is 0.424. The van der Waals surface area contributed by atoms with Gasteiger partial charge in [-0.05, 0) is 63.4 Å². The van der Waals surface area contributed by atoms with Crippen LogP contribution in [0.2, 0.25) is 5.02 Å². The van der Waals surface area contributed by atoms with E-state index in [9.17, 15) is 9.90 Å². The van der Waals surface area contributed by atoms with Crippen LogP contribution in [0.5, 0.6) is 11.8 Å². The number of rotatable bonds is 9. The fourth-order valence-corrected chi connectivity index (χ4v) is 6.45. The molecule has 1 unspecified atom stereocenters. The monoisotopic (exact) mass is 604 g/mol. The second kappa shape index (κ2) is 13.2. The first-order chi connectivity index (χ1) is 20.7. The lowest BCUT2D eigenvalue weighted by Crippen LogP contribution is -2.48. The summed E-state index contributed by atoms with van der Waals surface area (Å²) in [5, 5.41) is 14.4. The van der Waals surface area contributed by atoms with Crippen molar-refractivity contribution in [3.8, 4) is 11.8 Å². The zero-order chi connectivity index (χ0) is 30.7. The van der Waals surface area contributed by atoms with Crippen molar-refractivity contribution in [3.63, 3.8) is 0 Å². The Bertz CT molecular complexity index is 1510. The van der Waals surface area contributed by atoms with Crippen molar-refractivity contribution in [2.75, 3.05) is 63.2 Å². The van der Waals surface area contributed by atoms with Gasteiger partial charge in [-0.15, -0.1) is 0 Å². The van der Waals surface area contributed by atoms with Crippen molar-refractivity contribution in [3.05, 3.63) is 71.3 Å². The maximum Gasteiger partial charge on any atom is 0.320 e. The lowest BCUT2D eigenvalue weighted by atomic mass is 9.93. The molecule has 1 amide bonds. The molecule has 2 atom stereocenters. The molecule has 43 heavy (non-hydrogen) atoms. The molecular formula is C33H41ClN6O3. The van der Waals surface area contributed by atoms with Gasteiger partial charge >= 0.3 is 6.01 Å². The largest absolute Gasteiger partial charge is 0.502 e. The minimum atomic E-state index is -0.280. The number of hydrogen-bond donors (Lipinski definition) is 1. The number of amides is 1. The molecule has 3 heterocycles. The topological polar surface area (TPSA) is 85.3 Å². The number of allylic oxidation sites excluding steroid dienone is 1. The Labute approximate surface area is 259 Å². The summed E-state index contributed by atoms with van der Waals surface area (Å²) in [6, 6.07) is 12.3. The molecule has 0 aliphatic carbocycles. The molecule has 2 aromatic carbocycles. The smallest absolute Gasteiger partial charge is 0.320 e. The number of piperazine rings is 1. The SMILES string of the molecule is C=CC(=O)N1CCN(c2nc(OC[C@@H]3CCCN3C)nc(N(C)C(/C(C)=C\C)c3cccc4cccc(Cl)c34)c2O)CC1. The molecule has 2 aliphatic rings. The maximum atomic E-state index is 12.2. The molecule has 3 aromatic rings. The predicted molar refractivity (Wildman–Crippen MR) is 173 cm³/mol. The number of fused-ring (bicyclic) bond motifs is 1. The van der Waals surface area contributed by atoms with Crippen molar-refractivity contribution in [1.82, 2.24) is 19.8 Å².